The van der Waals surface area contributed by atoms with E-state index in [0.29, 0.717) is 6.61 Å². The predicted molar refractivity (Wildman–Crippen MR) is 74.2 cm³/mol. The number of nitrogens with zero attached hydrogens (tertiary/aromatic N) is 1. The van der Waals surface area contributed by atoms with Gasteiger partial charge in [-0.3, -0.25) is 0 Å². The van der Waals surface area contributed by atoms with Gasteiger partial charge in [-0.25, -0.2) is 0 Å². The van der Waals surface area contributed by atoms with Crippen LogP contribution in [0.1, 0.15) is 17.6 Å². The number of hydrogen-bond acceptors (Lipinski definition) is 3. The van der Waals surface area contributed by atoms with Crippen molar-refractivity contribution >= 4 is 21.6 Å². The molecule has 4 heteroatoms. The highest BCUT2D eigenvalue weighted by Crippen LogP contribution is 2.39. The third kappa shape index (κ3) is 1.90. The van der Waals surface area contributed by atoms with Crippen LogP contribution in [-0.4, -0.2) is 13.7 Å². The number of benzene rings is 1. The molecule has 1 atom stereocenters. The molecule has 0 saturated carbocycles. The number of fused-ring (bicyclic) bond motifs is 1. The smallest absolute Gasteiger partial charge is 0.142 e. The highest BCUT2D eigenvalue weighted by atomic mass is 79.9. The summed E-state index contributed by atoms with van der Waals surface area (Å²) in [5.41, 5.74) is 1.08. The third-order valence-corrected chi connectivity index (χ3v) is 3.75. The van der Waals surface area contributed by atoms with Crippen molar-refractivity contribution in [3.8, 4) is 5.75 Å². The van der Waals surface area contributed by atoms with Crippen LogP contribution in [0.2, 0.25) is 0 Å². The lowest BCUT2D eigenvalue weighted by Gasteiger charge is -2.34. The quantitative estimate of drug-likeness (QED) is 0.798. The van der Waals surface area contributed by atoms with Gasteiger partial charge in [-0.05, 0) is 37.3 Å². The standard InChI is InChI=1S/C14H14BrNO2/c1-9-3-5-14(18-9)12-8-17-13-6-4-10(15)7-11(13)16(12)2/h3-7,12H,8H2,1-2H3. The number of hydrogen-bond donors (Lipinski definition) is 0. The molecular weight excluding hydrogens is 294 g/mol. The second kappa shape index (κ2) is 4.35. The maximum atomic E-state index is 5.80. The lowest BCUT2D eigenvalue weighted by atomic mass is 10.1. The Balaban J connectivity index is 1.98. The van der Waals surface area contributed by atoms with Gasteiger partial charge in [-0.1, -0.05) is 15.9 Å². The van der Waals surface area contributed by atoms with Crippen molar-refractivity contribution < 1.29 is 9.15 Å². The Hall–Kier alpha value is -1.42. The summed E-state index contributed by atoms with van der Waals surface area (Å²) in [4.78, 5) is 2.20. The zero-order chi connectivity index (χ0) is 12.7. The van der Waals surface area contributed by atoms with Gasteiger partial charge in [0.2, 0.25) is 0 Å². The van der Waals surface area contributed by atoms with Gasteiger partial charge in [0.15, 0.2) is 0 Å². The lowest BCUT2D eigenvalue weighted by Crippen LogP contribution is -2.33. The number of ether oxygens (including phenoxy) is 1. The third-order valence-electron chi connectivity index (χ3n) is 3.25. The minimum atomic E-state index is 0.125. The molecule has 0 fully saturated rings. The second-order valence-electron chi connectivity index (χ2n) is 4.50. The number of aryl methyl sites for hydroxylation is 1. The van der Waals surface area contributed by atoms with E-state index < -0.39 is 0 Å². The van der Waals surface area contributed by atoms with Crippen molar-refractivity contribution in [2.75, 3.05) is 18.6 Å². The van der Waals surface area contributed by atoms with E-state index in [4.69, 9.17) is 9.15 Å². The van der Waals surface area contributed by atoms with Crippen molar-refractivity contribution in [1.29, 1.82) is 0 Å². The molecule has 0 N–H and O–H groups in total. The first kappa shape index (κ1) is 11.7. The summed E-state index contributed by atoms with van der Waals surface area (Å²) >= 11 is 3.49. The molecule has 2 aromatic rings. The molecule has 0 radical (unpaired) electrons. The molecule has 0 saturated heterocycles. The summed E-state index contributed by atoms with van der Waals surface area (Å²) in [5, 5.41) is 0. The maximum absolute atomic E-state index is 5.80. The number of likely N-dealkylation sites (N-methyl/N-ethyl adjacent to an activating group) is 1. The van der Waals surface area contributed by atoms with E-state index in [-0.39, 0.29) is 6.04 Å². The van der Waals surface area contributed by atoms with E-state index in [0.717, 1.165) is 27.4 Å². The van der Waals surface area contributed by atoms with Crippen LogP contribution < -0.4 is 9.64 Å². The average molecular weight is 308 g/mol. The van der Waals surface area contributed by atoms with E-state index in [1.54, 1.807) is 0 Å². The van der Waals surface area contributed by atoms with Gasteiger partial charge >= 0.3 is 0 Å². The number of furan rings is 1. The largest absolute Gasteiger partial charge is 0.489 e. The van der Waals surface area contributed by atoms with E-state index in [2.05, 4.69) is 33.9 Å². The van der Waals surface area contributed by atoms with Crippen molar-refractivity contribution in [3.63, 3.8) is 0 Å². The summed E-state index contributed by atoms with van der Waals surface area (Å²) in [6.07, 6.45) is 0. The van der Waals surface area contributed by atoms with Gasteiger partial charge < -0.3 is 14.1 Å². The van der Waals surface area contributed by atoms with Crippen LogP contribution in [0.15, 0.2) is 39.2 Å². The fourth-order valence-electron chi connectivity index (χ4n) is 2.24. The molecule has 94 valence electrons. The molecular formula is C14H14BrNO2. The van der Waals surface area contributed by atoms with E-state index in [9.17, 15) is 0 Å². The number of rotatable bonds is 1. The van der Waals surface area contributed by atoms with Crippen LogP contribution >= 0.6 is 15.9 Å². The zero-order valence-electron chi connectivity index (χ0n) is 10.3. The van der Waals surface area contributed by atoms with Gasteiger partial charge in [-0.2, -0.15) is 0 Å². The Morgan fingerprint density at radius 3 is 2.83 bits per heavy atom. The molecule has 0 spiro atoms. The first-order valence-corrected chi connectivity index (χ1v) is 6.66. The van der Waals surface area contributed by atoms with Crippen LogP contribution in [0.25, 0.3) is 0 Å². The summed E-state index contributed by atoms with van der Waals surface area (Å²) < 4.78 is 12.6. The number of halogens is 1. The monoisotopic (exact) mass is 307 g/mol. The summed E-state index contributed by atoms with van der Waals surface area (Å²) in [6, 6.07) is 10.2. The molecule has 1 aliphatic rings. The molecule has 18 heavy (non-hydrogen) atoms. The normalized spacial score (nSPS) is 18.4. The molecule has 3 nitrogen and oxygen atoms in total. The average Bonchev–Trinajstić information content (AvgIpc) is 2.77. The molecule has 2 heterocycles. The highest BCUT2D eigenvalue weighted by molar-refractivity contribution is 9.10. The zero-order valence-corrected chi connectivity index (χ0v) is 11.9. The molecule has 1 aromatic heterocycles. The summed E-state index contributed by atoms with van der Waals surface area (Å²) in [5.74, 6) is 2.79. The molecule has 1 aliphatic heterocycles. The Morgan fingerprint density at radius 2 is 2.11 bits per heavy atom. The topological polar surface area (TPSA) is 25.6 Å². The van der Waals surface area contributed by atoms with Gasteiger partial charge in [0.05, 0.1) is 5.69 Å². The van der Waals surface area contributed by atoms with Crippen LogP contribution in [0.3, 0.4) is 0 Å². The fourth-order valence-corrected chi connectivity index (χ4v) is 2.59. The molecule has 1 aromatic carbocycles. The van der Waals surface area contributed by atoms with Gasteiger partial charge in [-0.15, -0.1) is 0 Å². The minimum Gasteiger partial charge on any atom is -0.489 e. The fraction of sp³-hybridized carbons (Fsp3) is 0.286. The highest BCUT2D eigenvalue weighted by Gasteiger charge is 2.28. The summed E-state index contributed by atoms with van der Waals surface area (Å²) in [7, 11) is 2.07. The van der Waals surface area contributed by atoms with Gasteiger partial charge in [0.25, 0.3) is 0 Å². The molecule has 0 aliphatic carbocycles. The Bertz CT molecular complexity index is 579. The van der Waals surface area contributed by atoms with E-state index in [1.165, 1.54) is 0 Å². The number of anilines is 1. The minimum absolute atomic E-state index is 0.125. The Morgan fingerprint density at radius 1 is 1.28 bits per heavy atom. The van der Waals surface area contributed by atoms with E-state index in [1.807, 2.05) is 31.2 Å². The molecule has 0 bridgehead atoms. The van der Waals surface area contributed by atoms with Crippen LogP contribution in [-0.2, 0) is 0 Å². The maximum Gasteiger partial charge on any atom is 0.142 e. The van der Waals surface area contributed by atoms with Crippen molar-refractivity contribution in [2.24, 2.45) is 0 Å². The molecule has 3 rings (SSSR count). The van der Waals surface area contributed by atoms with Gasteiger partial charge in [0, 0.05) is 11.5 Å². The Labute approximate surface area is 114 Å². The van der Waals surface area contributed by atoms with Crippen molar-refractivity contribution in [3.05, 3.63) is 46.3 Å². The van der Waals surface area contributed by atoms with Crippen LogP contribution in [0.5, 0.6) is 5.75 Å². The van der Waals surface area contributed by atoms with E-state index >= 15 is 0 Å². The molecule has 1 unspecified atom stereocenters. The summed E-state index contributed by atoms with van der Waals surface area (Å²) in [6.45, 7) is 2.57. The van der Waals surface area contributed by atoms with Crippen LogP contribution in [0.4, 0.5) is 5.69 Å². The van der Waals surface area contributed by atoms with Crippen molar-refractivity contribution in [2.45, 2.75) is 13.0 Å². The lowest BCUT2D eigenvalue weighted by molar-refractivity contribution is 0.249. The first-order valence-electron chi connectivity index (χ1n) is 5.86. The van der Waals surface area contributed by atoms with Gasteiger partial charge in [0.1, 0.15) is 29.9 Å². The SMILES string of the molecule is Cc1ccc(C2COc3ccc(Br)cc3N2C)o1. The first-order chi connectivity index (χ1) is 8.65. The van der Waals surface area contributed by atoms with Crippen molar-refractivity contribution in [1.82, 2.24) is 0 Å². The van der Waals surface area contributed by atoms with Crippen LogP contribution in [0, 0.1) is 6.92 Å². The predicted octanol–water partition coefficient (Wildman–Crippen LogP) is 3.92. The Kier molecular flexibility index (Phi) is 2.82. The second-order valence-corrected chi connectivity index (χ2v) is 5.41. The molecule has 0 amide bonds.